The van der Waals surface area contributed by atoms with Gasteiger partial charge in [-0.25, -0.2) is 4.39 Å². The lowest BCUT2D eigenvalue weighted by Gasteiger charge is -2.54. The first-order valence-corrected chi connectivity index (χ1v) is 13.8. The maximum absolute atomic E-state index is 15.2. The topological polar surface area (TPSA) is 67.2 Å². The summed E-state index contributed by atoms with van der Waals surface area (Å²) in [7, 11) is -3.11. The molecule has 1 saturated carbocycles. The average Bonchev–Trinajstić information content (AvgIpc) is 3.68. The van der Waals surface area contributed by atoms with Gasteiger partial charge in [0.25, 0.3) is 0 Å². The zero-order valence-corrected chi connectivity index (χ0v) is 20.5. The second kappa shape index (κ2) is 9.49. The Morgan fingerprint density at radius 2 is 1.71 bits per heavy atom. The zero-order valence-electron chi connectivity index (χ0n) is 19.6. The molecule has 2 N–H and O–H groups in total. The van der Waals surface area contributed by atoms with E-state index < -0.39 is 10.8 Å². The van der Waals surface area contributed by atoms with Gasteiger partial charge in [0.1, 0.15) is 5.82 Å². The van der Waals surface area contributed by atoms with Gasteiger partial charge in [0.05, 0.1) is 5.25 Å². The number of hydrogen-bond acceptors (Lipinski definition) is 5. The predicted molar refractivity (Wildman–Crippen MR) is 134 cm³/mol. The van der Waals surface area contributed by atoms with E-state index in [9.17, 15) is 13.9 Å². The third-order valence-corrected chi connectivity index (χ3v) is 9.93. The standard InChI is InChI=1S/C26H34FN3O3S/c1-19-7-12-25(20-5-3-2-4-6-20)34(32,33)30(19)18-22-10-11-23(17-24(22)27)28-13-15-29(16-14-28)26(31)21-8-9-21/h2-6,10-11,17,19,21,25,32-33H,7-9,12-16,18H2,1H3/t19-,25?/m0/s1. The quantitative estimate of drug-likeness (QED) is 0.601. The van der Waals surface area contributed by atoms with Crippen LogP contribution in [0.4, 0.5) is 10.1 Å². The average molecular weight is 488 g/mol. The summed E-state index contributed by atoms with van der Waals surface area (Å²) in [5, 5.41) is -0.373. The molecule has 2 atom stereocenters. The molecule has 184 valence electrons. The van der Waals surface area contributed by atoms with Crippen molar-refractivity contribution >= 4 is 22.4 Å². The summed E-state index contributed by atoms with van der Waals surface area (Å²) in [5.74, 6) is 0.164. The molecule has 0 radical (unpaired) electrons. The second-order valence-electron chi connectivity index (χ2n) is 9.82. The Balaban J connectivity index is 1.27. The molecular weight excluding hydrogens is 453 g/mol. The van der Waals surface area contributed by atoms with E-state index in [0.717, 1.165) is 30.5 Å². The fourth-order valence-electron chi connectivity index (χ4n) is 5.19. The molecule has 0 bridgehead atoms. The Labute approximate surface area is 202 Å². The SMILES string of the molecule is C[C@H]1CCC(c2ccccc2)S(O)(O)N1Cc1ccc(N2CCN(C(=O)C3CC3)CC2)cc1F. The highest BCUT2D eigenvalue weighted by molar-refractivity contribution is 8.22. The maximum atomic E-state index is 15.2. The van der Waals surface area contributed by atoms with E-state index >= 15 is 4.39 Å². The fourth-order valence-corrected chi connectivity index (χ4v) is 7.46. The van der Waals surface area contributed by atoms with Gasteiger partial charge in [-0.05, 0) is 50.3 Å². The highest BCUT2D eigenvalue weighted by Gasteiger charge is 2.41. The van der Waals surface area contributed by atoms with Crippen LogP contribution in [0.25, 0.3) is 0 Å². The molecule has 8 heteroatoms. The van der Waals surface area contributed by atoms with Crippen LogP contribution in [0.2, 0.25) is 0 Å². The Bertz CT molecular complexity index is 1030. The van der Waals surface area contributed by atoms with Gasteiger partial charge in [-0.15, -0.1) is 10.8 Å². The number of carbonyl (C=O) groups excluding carboxylic acids is 1. The van der Waals surface area contributed by atoms with Crippen LogP contribution in [-0.2, 0) is 11.3 Å². The summed E-state index contributed by atoms with van der Waals surface area (Å²) >= 11 is 0. The summed E-state index contributed by atoms with van der Waals surface area (Å²) < 4.78 is 39.4. The van der Waals surface area contributed by atoms with Crippen LogP contribution in [0.3, 0.4) is 0 Å². The third kappa shape index (κ3) is 4.69. The smallest absolute Gasteiger partial charge is 0.225 e. The van der Waals surface area contributed by atoms with Crippen molar-refractivity contribution in [3.8, 4) is 0 Å². The molecule has 3 aliphatic rings. The Kier molecular flexibility index (Phi) is 6.59. The van der Waals surface area contributed by atoms with Crippen LogP contribution >= 0.6 is 10.8 Å². The van der Waals surface area contributed by atoms with Crippen molar-refractivity contribution in [3.05, 3.63) is 65.5 Å². The van der Waals surface area contributed by atoms with E-state index in [-0.39, 0.29) is 35.5 Å². The molecular formula is C26H34FN3O3S. The third-order valence-electron chi connectivity index (χ3n) is 7.48. The van der Waals surface area contributed by atoms with Gasteiger partial charge in [-0.2, -0.15) is 4.31 Å². The molecule has 2 saturated heterocycles. The van der Waals surface area contributed by atoms with Crippen LogP contribution < -0.4 is 4.90 Å². The molecule has 1 aliphatic carbocycles. The number of rotatable bonds is 5. The van der Waals surface area contributed by atoms with E-state index in [1.165, 1.54) is 0 Å². The van der Waals surface area contributed by atoms with Gasteiger partial charge < -0.3 is 9.80 Å². The maximum Gasteiger partial charge on any atom is 0.225 e. The molecule has 2 aromatic rings. The van der Waals surface area contributed by atoms with E-state index in [0.29, 0.717) is 38.2 Å². The molecule has 1 amide bonds. The summed E-state index contributed by atoms with van der Waals surface area (Å²) in [6.07, 6.45) is 3.54. The number of benzene rings is 2. The van der Waals surface area contributed by atoms with Gasteiger partial charge in [-0.1, -0.05) is 36.4 Å². The van der Waals surface area contributed by atoms with Crippen molar-refractivity contribution in [1.82, 2.24) is 9.21 Å². The highest BCUT2D eigenvalue weighted by atomic mass is 32.3. The lowest BCUT2D eigenvalue weighted by Crippen LogP contribution is -2.49. The van der Waals surface area contributed by atoms with Gasteiger partial charge >= 0.3 is 0 Å². The minimum absolute atomic E-state index is 0.0545. The fraction of sp³-hybridized carbons (Fsp3) is 0.500. The van der Waals surface area contributed by atoms with Crippen LogP contribution in [0.1, 0.15) is 49.0 Å². The van der Waals surface area contributed by atoms with Gasteiger partial charge in [0.2, 0.25) is 5.91 Å². The van der Waals surface area contributed by atoms with Crippen LogP contribution in [0.15, 0.2) is 48.5 Å². The Morgan fingerprint density at radius 1 is 1.00 bits per heavy atom. The Hall–Kier alpha value is -2.13. The molecule has 34 heavy (non-hydrogen) atoms. The van der Waals surface area contributed by atoms with Crippen molar-refractivity contribution in [2.75, 3.05) is 31.1 Å². The zero-order chi connectivity index (χ0) is 23.9. The molecule has 0 aromatic heterocycles. The van der Waals surface area contributed by atoms with E-state index in [1.807, 2.05) is 48.2 Å². The van der Waals surface area contributed by atoms with Crippen molar-refractivity contribution in [1.29, 1.82) is 0 Å². The van der Waals surface area contributed by atoms with Gasteiger partial charge in [-0.3, -0.25) is 13.9 Å². The lowest BCUT2D eigenvalue weighted by molar-refractivity contribution is -0.132. The first kappa shape index (κ1) is 23.6. The lowest BCUT2D eigenvalue weighted by atomic mass is 10.0. The van der Waals surface area contributed by atoms with E-state index in [4.69, 9.17) is 0 Å². The number of amides is 1. The van der Waals surface area contributed by atoms with Gasteiger partial charge in [0, 0.05) is 55.9 Å². The van der Waals surface area contributed by atoms with E-state index in [1.54, 1.807) is 16.4 Å². The first-order chi connectivity index (χ1) is 16.3. The minimum atomic E-state index is -3.11. The second-order valence-corrected chi connectivity index (χ2v) is 12.0. The largest absolute Gasteiger partial charge is 0.368 e. The molecule has 6 nitrogen and oxygen atoms in total. The molecule has 0 spiro atoms. The summed E-state index contributed by atoms with van der Waals surface area (Å²) in [4.78, 5) is 16.3. The van der Waals surface area contributed by atoms with Crippen molar-refractivity contribution in [2.24, 2.45) is 5.92 Å². The number of anilines is 1. The van der Waals surface area contributed by atoms with Gasteiger partial charge in [0.15, 0.2) is 0 Å². The summed E-state index contributed by atoms with van der Waals surface area (Å²) in [6.45, 7) is 4.86. The van der Waals surface area contributed by atoms with Crippen LogP contribution in [0, 0.1) is 11.7 Å². The number of halogens is 1. The number of hydrogen-bond donors (Lipinski definition) is 2. The monoisotopic (exact) mass is 487 g/mol. The predicted octanol–water partition coefficient (Wildman–Crippen LogP) is 5.28. The van der Waals surface area contributed by atoms with Crippen molar-refractivity contribution < 1.29 is 18.3 Å². The van der Waals surface area contributed by atoms with E-state index in [2.05, 4.69) is 4.90 Å². The minimum Gasteiger partial charge on any atom is -0.368 e. The molecule has 2 heterocycles. The summed E-state index contributed by atoms with van der Waals surface area (Å²) in [6, 6.07) is 14.8. The van der Waals surface area contributed by atoms with Crippen LogP contribution in [0.5, 0.6) is 0 Å². The van der Waals surface area contributed by atoms with Crippen molar-refractivity contribution in [2.45, 2.75) is 50.4 Å². The molecule has 2 aliphatic heterocycles. The Morgan fingerprint density at radius 3 is 2.35 bits per heavy atom. The summed E-state index contributed by atoms with van der Waals surface area (Å²) in [5.41, 5.74) is 2.18. The highest BCUT2D eigenvalue weighted by Crippen LogP contribution is 2.63. The normalized spacial score (nSPS) is 26.4. The first-order valence-electron chi connectivity index (χ1n) is 12.3. The molecule has 3 fully saturated rings. The number of carbonyl (C=O) groups is 1. The molecule has 5 rings (SSSR count). The molecule has 2 aromatic carbocycles. The van der Waals surface area contributed by atoms with Crippen molar-refractivity contribution in [3.63, 3.8) is 0 Å². The van der Waals surface area contributed by atoms with Crippen LogP contribution in [-0.4, -0.2) is 56.4 Å². The number of piperazine rings is 1. The number of nitrogens with zero attached hydrogens (tertiary/aromatic N) is 3. The molecule has 1 unspecified atom stereocenters.